The van der Waals surface area contributed by atoms with Crippen LogP contribution in [0.3, 0.4) is 0 Å². The predicted octanol–water partition coefficient (Wildman–Crippen LogP) is 4.44. The zero-order valence-corrected chi connectivity index (χ0v) is 19.2. The maximum atomic E-state index is 11.7. The minimum atomic E-state index is -1.38. The summed E-state index contributed by atoms with van der Waals surface area (Å²) in [5, 5.41) is 27.3. The van der Waals surface area contributed by atoms with Crippen molar-refractivity contribution in [3.63, 3.8) is 0 Å². The van der Waals surface area contributed by atoms with Crippen molar-refractivity contribution >= 4 is 34.1 Å². The molecule has 0 aliphatic carbocycles. The van der Waals surface area contributed by atoms with E-state index in [0.717, 1.165) is 16.7 Å². The number of anilines is 1. The van der Waals surface area contributed by atoms with Crippen LogP contribution in [0.5, 0.6) is 0 Å². The minimum Gasteiger partial charge on any atom is -0.479 e. The molecule has 0 aliphatic rings. The number of rotatable bonds is 10. The fraction of sp³-hybridized carbons (Fsp3) is 0.0769. The molecule has 0 aliphatic heterocycles. The lowest BCUT2D eigenvalue weighted by Crippen LogP contribution is -2.38. The Hall–Kier alpha value is -4.50. The molecule has 0 amide bonds. The summed E-state index contributed by atoms with van der Waals surface area (Å²) in [6, 6.07) is 29.7. The second-order valence-electron chi connectivity index (χ2n) is 7.42. The number of thiazole rings is 1. The summed E-state index contributed by atoms with van der Waals surface area (Å²) in [5.74, 6) is -2.65. The van der Waals surface area contributed by atoms with Gasteiger partial charge in [0.15, 0.2) is 5.13 Å². The highest BCUT2D eigenvalue weighted by molar-refractivity contribution is 7.14. The molecule has 8 nitrogen and oxygen atoms in total. The predicted molar refractivity (Wildman–Crippen MR) is 133 cm³/mol. The second-order valence-corrected chi connectivity index (χ2v) is 8.28. The molecule has 4 aromatic rings. The number of hydrogen-bond donors (Lipinski definition) is 3. The fourth-order valence-electron chi connectivity index (χ4n) is 3.73. The normalized spacial score (nSPS) is 11.6. The number of aliphatic carboxylic acids is 2. The number of hydrogen-bond acceptors (Lipinski definition) is 7. The van der Waals surface area contributed by atoms with Gasteiger partial charge in [-0.3, -0.25) is 0 Å². The van der Waals surface area contributed by atoms with Gasteiger partial charge in [-0.2, -0.15) is 0 Å². The summed E-state index contributed by atoms with van der Waals surface area (Å²) in [6.45, 7) is -0.759. The van der Waals surface area contributed by atoms with Gasteiger partial charge in [0.1, 0.15) is 11.2 Å². The number of carboxylic acids is 2. The summed E-state index contributed by atoms with van der Waals surface area (Å²) in [7, 11) is 0. The van der Waals surface area contributed by atoms with Gasteiger partial charge in [-0.25, -0.2) is 14.6 Å². The number of benzene rings is 3. The van der Waals surface area contributed by atoms with E-state index in [1.165, 1.54) is 16.7 Å². The molecule has 0 fully saturated rings. The average molecular weight is 488 g/mol. The summed E-state index contributed by atoms with van der Waals surface area (Å²) >= 11 is 1.21. The van der Waals surface area contributed by atoms with Gasteiger partial charge in [0.2, 0.25) is 12.3 Å². The average Bonchev–Trinajstić information content (AvgIpc) is 3.34. The molecule has 0 saturated carbocycles. The summed E-state index contributed by atoms with van der Waals surface area (Å²) in [4.78, 5) is 31.5. The number of oxime groups is 1. The van der Waals surface area contributed by atoms with Gasteiger partial charge < -0.3 is 20.4 Å². The van der Waals surface area contributed by atoms with Crippen molar-refractivity contribution in [2.24, 2.45) is 5.16 Å². The fourth-order valence-corrected chi connectivity index (χ4v) is 4.48. The van der Waals surface area contributed by atoms with Crippen LogP contribution in [0.25, 0.3) is 0 Å². The van der Waals surface area contributed by atoms with Crippen molar-refractivity contribution in [3.8, 4) is 0 Å². The van der Waals surface area contributed by atoms with E-state index in [9.17, 15) is 14.7 Å². The second kappa shape index (κ2) is 10.6. The molecule has 0 bridgehead atoms. The molecule has 3 N–H and O–H groups in total. The van der Waals surface area contributed by atoms with Crippen molar-refractivity contribution in [1.29, 1.82) is 0 Å². The van der Waals surface area contributed by atoms with Crippen LogP contribution in [0.4, 0.5) is 5.13 Å². The van der Waals surface area contributed by atoms with Crippen LogP contribution >= 0.6 is 11.3 Å². The third-order valence-corrected chi connectivity index (χ3v) is 5.97. The highest BCUT2D eigenvalue weighted by atomic mass is 32.1. The standard InChI is InChI=1S/C26H21N3O5S/c30-22(31)16-34-29-23(24(32)33)21-17-35-25(27-21)28-26(18-10-4-1-5-11-18,19-12-6-2-7-13-19)20-14-8-3-9-15-20/h1-15,17H,16H2,(H,27,28)(H,30,31)(H,32,33)/b29-23-. The van der Waals surface area contributed by atoms with Crippen LogP contribution < -0.4 is 5.32 Å². The van der Waals surface area contributed by atoms with Crippen LogP contribution in [-0.4, -0.2) is 39.5 Å². The molecule has 0 saturated heterocycles. The van der Waals surface area contributed by atoms with Crippen molar-refractivity contribution in [1.82, 2.24) is 4.98 Å². The van der Waals surface area contributed by atoms with Gasteiger partial charge in [0, 0.05) is 5.38 Å². The molecule has 176 valence electrons. The summed E-state index contributed by atoms with van der Waals surface area (Å²) in [5.41, 5.74) is 1.63. The van der Waals surface area contributed by atoms with Gasteiger partial charge in [0.05, 0.1) is 0 Å². The van der Waals surface area contributed by atoms with Crippen LogP contribution in [0, 0.1) is 0 Å². The zero-order chi connectivity index (χ0) is 24.7. The van der Waals surface area contributed by atoms with Crippen LogP contribution in [0.1, 0.15) is 22.4 Å². The monoisotopic (exact) mass is 487 g/mol. The summed E-state index contributed by atoms with van der Waals surface area (Å²) in [6.07, 6.45) is 0. The van der Waals surface area contributed by atoms with Crippen LogP contribution in [0.2, 0.25) is 0 Å². The quantitative estimate of drug-likeness (QED) is 0.172. The SMILES string of the molecule is O=C(O)CO/N=C(\C(=O)O)c1csc(NC(c2ccccc2)(c2ccccc2)c2ccccc2)n1. The molecule has 3 aromatic carbocycles. The lowest BCUT2D eigenvalue weighted by molar-refractivity contribution is -0.142. The Morgan fingerprint density at radius 1 is 0.857 bits per heavy atom. The van der Waals surface area contributed by atoms with Gasteiger partial charge in [-0.1, -0.05) is 96.2 Å². The van der Waals surface area contributed by atoms with E-state index in [2.05, 4.69) is 20.3 Å². The topological polar surface area (TPSA) is 121 Å². The van der Waals surface area contributed by atoms with E-state index in [1.807, 2.05) is 91.0 Å². The summed E-state index contributed by atoms with van der Waals surface area (Å²) < 4.78 is 0. The Bertz CT molecular complexity index is 1230. The molecule has 4 rings (SSSR count). The van der Waals surface area contributed by atoms with E-state index in [1.54, 1.807) is 0 Å². The Morgan fingerprint density at radius 2 is 1.34 bits per heavy atom. The Morgan fingerprint density at radius 3 is 1.77 bits per heavy atom. The molecule has 0 radical (unpaired) electrons. The van der Waals surface area contributed by atoms with Gasteiger partial charge in [0.25, 0.3) is 0 Å². The van der Waals surface area contributed by atoms with Gasteiger partial charge in [-0.05, 0) is 16.7 Å². The Kier molecular flexibility index (Phi) is 7.18. The molecule has 35 heavy (non-hydrogen) atoms. The number of nitrogens with one attached hydrogen (secondary N) is 1. The lowest BCUT2D eigenvalue weighted by Gasteiger charge is -2.36. The third-order valence-electron chi connectivity index (χ3n) is 5.21. The van der Waals surface area contributed by atoms with E-state index in [4.69, 9.17) is 5.11 Å². The van der Waals surface area contributed by atoms with E-state index in [0.29, 0.717) is 5.13 Å². The molecule has 0 spiro atoms. The molecule has 0 atom stereocenters. The first kappa shape index (κ1) is 23.7. The number of carbonyl (C=O) groups is 2. The smallest absolute Gasteiger partial charge is 0.360 e. The molecular formula is C26H21N3O5S. The van der Waals surface area contributed by atoms with Crippen molar-refractivity contribution in [2.45, 2.75) is 5.54 Å². The maximum absolute atomic E-state index is 11.7. The minimum absolute atomic E-state index is 0.0541. The molecule has 0 unspecified atom stereocenters. The molecule has 1 aromatic heterocycles. The van der Waals surface area contributed by atoms with Gasteiger partial charge in [-0.15, -0.1) is 11.3 Å². The molecular weight excluding hydrogens is 466 g/mol. The third kappa shape index (κ3) is 5.20. The van der Waals surface area contributed by atoms with Crippen molar-refractivity contribution in [2.75, 3.05) is 11.9 Å². The van der Waals surface area contributed by atoms with Crippen LogP contribution in [-0.2, 0) is 20.0 Å². The first-order chi connectivity index (χ1) is 17.0. The van der Waals surface area contributed by atoms with Crippen LogP contribution in [0.15, 0.2) is 102 Å². The first-order valence-electron chi connectivity index (χ1n) is 10.6. The van der Waals surface area contributed by atoms with Gasteiger partial charge >= 0.3 is 11.9 Å². The number of nitrogens with zero attached hydrogens (tertiary/aromatic N) is 2. The maximum Gasteiger partial charge on any atom is 0.360 e. The molecule has 9 heteroatoms. The Balaban J connectivity index is 1.82. The highest BCUT2D eigenvalue weighted by Gasteiger charge is 2.37. The van der Waals surface area contributed by atoms with Crippen molar-refractivity contribution in [3.05, 3.63) is 119 Å². The largest absolute Gasteiger partial charge is 0.479 e. The van der Waals surface area contributed by atoms with E-state index in [-0.39, 0.29) is 5.69 Å². The number of carboxylic acid groups (broad SMARTS) is 2. The lowest BCUT2D eigenvalue weighted by atomic mass is 9.77. The number of aromatic nitrogens is 1. The van der Waals surface area contributed by atoms with E-state index >= 15 is 0 Å². The molecule has 1 heterocycles. The Labute approximate surface area is 205 Å². The first-order valence-corrected chi connectivity index (χ1v) is 11.4. The zero-order valence-electron chi connectivity index (χ0n) is 18.4. The highest BCUT2D eigenvalue weighted by Crippen LogP contribution is 2.40. The van der Waals surface area contributed by atoms with E-state index < -0.39 is 29.8 Å². The van der Waals surface area contributed by atoms with Crippen molar-refractivity contribution < 1.29 is 24.6 Å².